The van der Waals surface area contributed by atoms with E-state index in [9.17, 15) is 4.79 Å². The van der Waals surface area contributed by atoms with Crippen molar-refractivity contribution in [2.75, 3.05) is 0 Å². The highest BCUT2D eigenvalue weighted by Gasteiger charge is 2.23. The van der Waals surface area contributed by atoms with E-state index in [0.717, 1.165) is 19.3 Å². The van der Waals surface area contributed by atoms with Crippen LogP contribution in [0.5, 0.6) is 0 Å². The van der Waals surface area contributed by atoms with Gasteiger partial charge in [0.15, 0.2) is 0 Å². The Morgan fingerprint density at radius 3 is 2.10 bits per heavy atom. The third-order valence-electron chi connectivity index (χ3n) is 3.76. The summed E-state index contributed by atoms with van der Waals surface area (Å²) in [5.41, 5.74) is 2.46. The molecule has 0 heterocycles. The van der Waals surface area contributed by atoms with Gasteiger partial charge in [-0.25, -0.2) is 0 Å². The van der Waals surface area contributed by atoms with E-state index in [1.165, 1.54) is 11.1 Å². The molecular weight excluding hydrogens is 244 g/mol. The molecule has 0 saturated carbocycles. The second kappa shape index (κ2) is 7.64. The van der Waals surface area contributed by atoms with Gasteiger partial charge in [0.2, 0.25) is 6.29 Å². The van der Waals surface area contributed by atoms with Gasteiger partial charge in [0.25, 0.3) is 0 Å². The number of carbonyl (C=O) groups excluding carboxylic acids is 1. The minimum atomic E-state index is -0.0697. The van der Waals surface area contributed by atoms with Crippen molar-refractivity contribution in [3.05, 3.63) is 71.8 Å². The van der Waals surface area contributed by atoms with Crippen molar-refractivity contribution in [1.29, 1.82) is 0 Å². The predicted octanol–water partition coefficient (Wildman–Crippen LogP) is 4.54. The molecule has 20 heavy (non-hydrogen) atoms. The normalized spacial score (nSPS) is 13.7. The summed E-state index contributed by atoms with van der Waals surface area (Å²) in [5.74, 6) is 0.193. The van der Waals surface area contributed by atoms with Crippen LogP contribution in [0.3, 0.4) is 0 Å². The summed E-state index contributed by atoms with van der Waals surface area (Å²) in [5, 5.41) is 0. The third-order valence-corrected chi connectivity index (χ3v) is 3.76. The molecule has 1 radical (unpaired) electrons. The SMILES string of the molecule is CCCC(c1ccccc1)C([C]=O)Cc1ccccc1. The first kappa shape index (κ1) is 14.5. The lowest BCUT2D eigenvalue weighted by molar-refractivity contribution is 0.451. The molecule has 0 bridgehead atoms. The molecule has 1 nitrogen and oxygen atoms in total. The van der Waals surface area contributed by atoms with Gasteiger partial charge < -0.3 is 0 Å². The van der Waals surface area contributed by atoms with Gasteiger partial charge >= 0.3 is 0 Å². The van der Waals surface area contributed by atoms with Gasteiger partial charge in [-0.3, -0.25) is 4.79 Å². The fraction of sp³-hybridized carbons (Fsp3) is 0.316. The first-order valence-electron chi connectivity index (χ1n) is 7.31. The zero-order valence-electron chi connectivity index (χ0n) is 12.0. The van der Waals surface area contributed by atoms with Crippen LogP contribution in [0.4, 0.5) is 0 Å². The Hall–Kier alpha value is -1.89. The van der Waals surface area contributed by atoms with Crippen LogP contribution in [-0.4, -0.2) is 6.29 Å². The van der Waals surface area contributed by atoms with E-state index in [2.05, 4.69) is 37.5 Å². The van der Waals surface area contributed by atoms with E-state index in [1.54, 1.807) is 0 Å². The van der Waals surface area contributed by atoms with Crippen LogP contribution in [0, 0.1) is 5.92 Å². The summed E-state index contributed by atoms with van der Waals surface area (Å²) >= 11 is 0. The lowest BCUT2D eigenvalue weighted by Gasteiger charge is -2.22. The smallest absolute Gasteiger partial charge is 0.202 e. The van der Waals surface area contributed by atoms with Crippen molar-refractivity contribution in [1.82, 2.24) is 0 Å². The van der Waals surface area contributed by atoms with Crippen LogP contribution in [0.2, 0.25) is 0 Å². The highest BCUT2D eigenvalue weighted by Crippen LogP contribution is 2.30. The first-order valence-corrected chi connectivity index (χ1v) is 7.31. The molecule has 0 aliphatic carbocycles. The maximum atomic E-state index is 11.5. The monoisotopic (exact) mass is 265 g/mol. The third kappa shape index (κ3) is 3.80. The maximum Gasteiger partial charge on any atom is 0.202 e. The fourth-order valence-corrected chi connectivity index (χ4v) is 2.75. The number of hydrogen-bond donors (Lipinski definition) is 0. The van der Waals surface area contributed by atoms with Gasteiger partial charge in [-0.15, -0.1) is 0 Å². The van der Waals surface area contributed by atoms with Gasteiger partial charge in [0.05, 0.1) is 0 Å². The van der Waals surface area contributed by atoms with Gasteiger partial charge in [-0.05, 0) is 29.9 Å². The summed E-state index contributed by atoms with van der Waals surface area (Å²) in [6, 6.07) is 20.6. The van der Waals surface area contributed by atoms with E-state index in [4.69, 9.17) is 0 Å². The Kier molecular flexibility index (Phi) is 5.55. The highest BCUT2D eigenvalue weighted by molar-refractivity contribution is 5.57. The molecule has 0 aliphatic rings. The molecule has 0 spiro atoms. The molecule has 2 unspecified atom stereocenters. The second-order valence-electron chi connectivity index (χ2n) is 5.22. The number of hydrogen-bond acceptors (Lipinski definition) is 1. The molecule has 2 aromatic rings. The molecule has 2 atom stereocenters. The molecule has 0 aliphatic heterocycles. The summed E-state index contributed by atoms with van der Waals surface area (Å²) in [7, 11) is 0. The fourth-order valence-electron chi connectivity index (χ4n) is 2.75. The molecule has 1 heteroatoms. The summed E-state index contributed by atoms with van der Waals surface area (Å²) < 4.78 is 0. The van der Waals surface area contributed by atoms with Crippen LogP contribution in [0.15, 0.2) is 60.7 Å². The van der Waals surface area contributed by atoms with Crippen molar-refractivity contribution in [2.45, 2.75) is 32.1 Å². The molecule has 0 aromatic heterocycles. The lowest BCUT2D eigenvalue weighted by Crippen LogP contribution is -2.17. The predicted molar refractivity (Wildman–Crippen MR) is 83.4 cm³/mol. The van der Waals surface area contributed by atoms with Gasteiger partial charge in [-0.1, -0.05) is 74.0 Å². The number of rotatable bonds is 7. The van der Waals surface area contributed by atoms with Crippen molar-refractivity contribution in [3.8, 4) is 0 Å². The van der Waals surface area contributed by atoms with Crippen LogP contribution in [0.25, 0.3) is 0 Å². The van der Waals surface area contributed by atoms with Gasteiger partial charge in [0, 0.05) is 5.92 Å². The average Bonchev–Trinajstić information content (AvgIpc) is 2.52. The zero-order chi connectivity index (χ0) is 14.2. The summed E-state index contributed by atoms with van der Waals surface area (Å²) in [6.07, 6.45) is 5.15. The van der Waals surface area contributed by atoms with Crippen molar-refractivity contribution < 1.29 is 4.79 Å². The number of benzene rings is 2. The molecule has 0 N–H and O–H groups in total. The van der Waals surface area contributed by atoms with Crippen molar-refractivity contribution in [3.63, 3.8) is 0 Å². The van der Waals surface area contributed by atoms with E-state index in [1.807, 2.05) is 36.4 Å². The topological polar surface area (TPSA) is 17.1 Å². The van der Waals surface area contributed by atoms with Gasteiger partial charge in [0.1, 0.15) is 0 Å². The van der Waals surface area contributed by atoms with Crippen LogP contribution in [-0.2, 0) is 11.2 Å². The average molecular weight is 265 g/mol. The molecule has 0 fully saturated rings. The minimum absolute atomic E-state index is 0.0697. The Labute approximate surface area is 121 Å². The van der Waals surface area contributed by atoms with E-state index < -0.39 is 0 Å². The van der Waals surface area contributed by atoms with E-state index >= 15 is 0 Å². The summed E-state index contributed by atoms with van der Waals surface area (Å²) in [6.45, 7) is 2.17. The quantitative estimate of drug-likeness (QED) is 0.718. The Morgan fingerprint density at radius 2 is 1.55 bits per heavy atom. The van der Waals surface area contributed by atoms with Crippen LogP contribution in [0.1, 0.15) is 36.8 Å². The molecule has 0 amide bonds. The Bertz CT molecular complexity index is 504. The van der Waals surface area contributed by atoms with Crippen LogP contribution < -0.4 is 0 Å². The molecule has 2 rings (SSSR count). The molecule has 2 aromatic carbocycles. The molecule has 0 saturated heterocycles. The Morgan fingerprint density at radius 1 is 0.950 bits per heavy atom. The van der Waals surface area contributed by atoms with Crippen molar-refractivity contribution >= 4 is 6.29 Å². The van der Waals surface area contributed by atoms with E-state index in [0.29, 0.717) is 0 Å². The molecule has 103 valence electrons. The largest absolute Gasteiger partial charge is 0.291 e. The zero-order valence-corrected chi connectivity index (χ0v) is 12.0. The highest BCUT2D eigenvalue weighted by atomic mass is 16.1. The van der Waals surface area contributed by atoms with E-state index in [-0.39, 0.29) is 11.8 Å². The minimum Gasteiger partial charge on any atom is -0.291 e. The maximum absolute atomic E-state index is 11.5. The summed E-state index contributed by atoms with van der Waals surface area (Å²) in [4.78, 5) is 11.5. The first-order chi connectivity index (χ1) is 9.85. The van der Waals surface area contributed by atoms with Crippen LogP contribution >= 0.6 is 0 Å². The molecular formula is C19H21O. The standard InChI is InChI=1S/C19H21O/c1-2-9-19(17-12-7-4-8-13-17)18(15-20)14-16-10-5-3-6-11-16/h3-8,10-13,18-19H,2,9,14H2,1H3. The Balaban J connectivity index is 2.19. The van der Waals surface area contributed by atoms with Crippen molar-refractivity contribution in [2.24, 2.45) is 5.92 Å². The second-order valence-corrected chi connectivity index (χ2v) is 5.22. The van der Waals surface area contributed by atoms with Gasteiger partial charge in [-0.2, -0.15) is 0 Å². The lowest BCUT2D eigenvalue weighted by atomic mass is 9.80.